The van der Waals surface area contributed by atoms with E-state index in [1.165, 1.54) is 43.2 Å². The summed E-state index contributed by atoms with van der Waals surface area (Å²) < 4.78 is 0. The van der Waals surface area contributed by atoms with Gasteiger partial charge in [0.25, 0.3) is 0 Å². The van der Waals surface area contributed by atoms with Crippen LogP contribution in [0, 0.1) is 11.3 Å². The Balaban J connectivity index is 2.09. The number of hydrogen-bond donors (Lipinski definition) is 0. The first kappa shape index (κ1) is 15.1. The molecule has 0 aliphatic heterocycles. The molecule has 1 aliphatic carbocycles. The van der Waals surface area contributed by atoms with Crippen LogP contribution in [0.15, 0.2) is 24.3 Å². The van der Waals surface area contributed by atoms with Gasteiger partial charge < -0.3 is 0 Å². The molecule has 0 spiro atoms. The van der Waals surface area contributed by atoms with E-state index in [0.717, 1.165) is 5.92 Å². The summed E-state index contributed by atoms with van der Waals surface area (Å²) >= 11 is 0. The second kappa shape index (κ2) is 6.90. The zero-order chi connectivity index (χ0) is 14.5. The third-order valence-electron chi connectivity index (χ3n) is 4.70. The van der Waals surface area contributed by atoms with Gasteiger partial charge in [0, 0.05) is 5.92 Å². The number of rotatable bonds is 4. The molecule has 2 unspecified atom stereocenters. The molecule has 1 fully saturated rings. The Kier molecular flexibility index (Phi) is 5.20. The van der Waals surface area contributed by atoms with Gasteiger partial charge in [-0.05, 0) is 44.0 Å². The van der Waals surface area contributed by atoms with Crippen LogP contribution in [0.25, 0.3) is 0 Å². The van der Waals surface area contributed by atoms with Gasteiger partial charge in [0.15, 0.2) is 0 Å². The highest BCUT2D eigenvalue weighted by Crippen LogP contribution is 2.33. The molecule has 1 saturated carbocycles. The van der Waals surface area contributed by atoms with E-state index in [-0.39, 0.29) is 12.0 Å². The van der Waals surface area contributed by atoms with Crippen molar-refractivity contribution >= 4 is 0 Å². The highest BCUT2D eigenvalue weighted by molar-refractivity contribution is 5.29. The van der Waals surface area contributed by atoms with Crippen LogP contribution in [0.5, 0.6) is 0 Å². The zero-order valence-corrected chi connectivity index (χ0v) is 13.0. The number of nitriles is 1. The number of hydrogen-bond acceptors (Lipinski definition) is 2. The van der Waals surface area contributed by atoms with E-state index in [2.05, 4.69) is 37.3 Å². The molecular weight excluding hydrogens is 244 g/mol. The molecule has 1 aliphatic rings. The first-order valence-electron chi connectivity index (χ1n) is 7.79. The van der Waals surface area contributed by atoms with Crippen LogP contribution in [0.2, 0.25) is 0 Å². The summed E-state index contributed by atoms with van der Waals surface area (Å²) in [6.45, 7) is 2.14. The molecule has 2 nitrogen and oxygen atoms in total. The molecule has 0 N–H and O–H groups in total. The van der Waals surface area contributed by atoms with Crippen molar-refractivity contribution in [2.24, 2.45) is 0 Å². The lowest BCUT2D eigenvalue weighted by molar-refractivity contribution is 0.316. The van der Waals surface area contributed by atoms with Crippen molar-refractivity contribution in [1.82, 2.24) is 4.90 Å². The Morgan fingerprint density at radius 3 is 2.20 bits per heavy atom. The first-order chi connectivity index (χ1) is 9.63. The maximum atomic E-state index is 9.29. The van der Waals surface area contributed by atoms with Crippen LogP contribution >= 0.6 is 0 Å². The molecule has 108 valence electrons. The van der Waals surface area contributed by atoms with E-state index in [1.807, 2.05) is 19.0 Å². The van der Waals surface area contributed by atoms with Crippen LogP contribution in [0.1, 0.15) is 62.0 Å². The minimum Gasteiger partial charge on any atom is -0.294 e. The van der Waals surface area contributed by atoms with Gasteiger partial charge >= 0.3 is 0 Å². The van der Waals surface area contributed by atoms with Crippen molar-refractivity contribution in [1.29, 1.82) is 5.26 Å². The predicted octanol–water partition coefficient (Wildman–Crippen LogP) is 4.29. The van der Waals surface area contributed by atoms with Gasteiger partial charge in [-0.1, -0.05) is 50.5 Å². The summed E-state index contributed by atoms with van der Waals surface area (Å²) in [7, 11) is 3.95. The van der Waals surface area contributed by atoms with E-state index in [9.17, 15) is 5.26 Å². The largest absolute Gasteiger partial charge is 0.294 e. The Morgan fingerprint density at radius 1 is 1.10 bits per heavy atom. The molecule has 0 heterocycles. The fourth-order valence-electron chi connectivity index (χ4n) is 3.36. The summed E-state index contributed by atoms with van der Waals surface area (Å²) in [6, 6.07) is 11.4. The maximum Gasteiger partial charge on any atom is 0.104 e. The fraction of sp³-hybridized carbons (Fsp3) is 0.611. The average molecular weight is 270 g/mol. The van der Waals surface area contributed by atoms with Gasteiger partial charge in [-0.3, -0.25) is 4.90 Å². The molecular formula is C18H26N2. The third kappa shape index (κ3) is 3.41. The van der Waals surface area contributed by atoms with E-state index < -0.39 is 0 Å². The smallest absolute Gasteiger partial charge is 0.104 e. The highest BCUT2D eigenvalue weighted by atomic mass is 15.1. The van der Waals surface area contributed by atoms with E-state index in [1.54, 1.807) is 0 Å². The first-order valence-corrected chi connectivity index (χ1v) is 7.79. The van der Waals surface area contributed by atoms with Gasteiger partial charge in [0.1, 0.15) is 6.04 Å². The van der Waals surface area contributed by atoms with Crippen LogP contribution in [0.3, 0.4) is 0 Å². The SMILES string of the molecule is CC(c1ccc(C2CCCCC2)cc1)C(C#N)N(C)C. The predicted molar refractivity (Wildman–Crippen MR) is 83.8 cm³/mol. The highest BCUT2D eigenvalue weighted by Gasteiger charge is 2.21. The van der Waals surface area contributed by atoms with Crippen molar-refractivity contribution in [3.8, 4) is 6.07 Å². The molecule has 1 aromatic rings. The molecule has 0 radical (unpaired) electrons. The summed E-state index contributed by atoms with van der Waals surface area (Å²) in [5.74, 6) is 1.00. The van der Waals surface area contributed by atoms with Crippen LogP contribution in [-0.2, 0) is 0 Å². The molecule has 20 heavy (non-hydrogen) atoms. The minimum absolute atomic E-state index is 0.0597. The lowest BCUT2D eigenvalue weighted by atomic mass is 9.83. The molecule has 0 saturated heterocycles. The van der Waals surface area contributed by atoms with Gasteiger partial charge in [-0.25, -0.2) is 0 Å². The number of benzene rings is 1. The summed E-state index contributed by atoms with van der Waals surface area (Å²) in [5, 5.41) is 9.29. The standard InChI is InChI=1S/C18H26N2/c1-14(18(13-19)20(2)3)15-9-11-17(12-10-15)16-7-5-4-6-8-16/h9-12,14,16,18H,4-8H2,1-3H3. The monoisotopic (exact) mass is 270 g/mol. The normalized spacial score (nSPS) is 19.6. The summed E-state index contributed by atoms with van der Waals surface area (Å²) in [4.78, 5) is 2.00. The second-order valence-electron chi connectivity index (χ2n) is 6.33. The van der Waals surface area contributed by atoms with Crippen molar-refractivity contribution in [3.63, 3.8) is 0 Å². The molecule has 0 amide bonds. The van der Waals surface area contributed by atoms with Gasteiger partial charge in [0.2, 0.25) is 0 Å². The van der Waals surface area contributed by atoms with Crippen molar-refractivity contribution < 1.29 is 0 Å². The van der Waals surface area contributed by atoms with Crippen LogP contribution in [0.4, 0.5) is 0 Å². The fourth-order valence-corrected chi connectivity index (χ4v) is 3.36. The van der Waals surface area contributed by atoms with Gasteiger partial charge in [0.05, 0.1) is 6.07 Å². The molecule has 2 rings (SSSR count). The van der Waals surface area contributed by atoms with Gasteiger partial charge in [-0.2, -0.15) is 5.26 Å². The molecule has 0 bridgehead atoms. The molecule has 2 atom stereocenters. The van der Waals surface area contributed by atoms with E-state index in [4.69, 9.17) is 0 Å². The summed E-state index contributed by atoms with van der Waals surface area (Å²) in [5.41, 5.74) is 2.75. The lowest BCUT2D eigenvalue weighted by Crippen LogP contribution is -2.31. The Morgan fingerprint density at radius 2 is 1.70 bits per heavy atom. The summed E-state index contributed by atoms with van der Waals surface area (Å²) in [6.07, 6.45) is 6.83. The van der Waals surface area contributed by atoms with Crippen LogP contribution in [-0.4, -0.2) is 25.0 Å². The zero-order valence-electron chi connectivity index (χ0n) is 13.0. The molecule has 1 aromatic carbocycles. The minimum atomic E-state index is -0.0597. The van der Waals surface area contributed by atoms with E-state index in [0.29, 0.717) is 0 Å². The average Bonchev–Trinajstić information content (AvgIpc) is 2.48. The quantitative estimate of drug-likeness (QED) is 0.816. The molecule has 0 aromatic heterocycles. The number of likely N-dealkylation sites (N-methyl/N-ethyl adjacent to an activating group) is 1. The second-order valence-corrected chi connectivity index (χ2v) is 6.33. The Labute approximate surface area is 123 Å². The number of nitrogens with zero attached hydrogens (tertiary/aromatic N) is 2. The molecule has 2 heteroatoms. The Hall–Kier alpha value is -1.33. The van der Waals surface area contributed by atoms with Crippen molar-refractivity contribution in [2.75, 3.05) is 14.1 Å². The maximum absolute atomic E-state index is 9.29. The van der Waals surface area contributed by atoms with E-state index >= 15 is 0 Å². The lowest BCUT2D eigenvalue weighted by Gasteiger charge is -2.25. The topological polar surface area (TPSA) is 27.0 Å². The Bertz CT molecular complexity index is 449. The third-order valence-corrected chi connectivity index (χ3v) is 4.70. The van der Waals surface area contributed by atoms with Crippen molar-refractivity contribution in [3.05, 3.63) is 35.4 Å². The van der Waals surface area contributed by atoms with Crippen molar-refractivity contribution in [2.45, 2.75) is 56.9 Å². The van der Waals surface area contributed by atoms with Crippen LogP contribution < -0.4 is 0 Å². The van der Waals surface area contributed by atoms with Gasteiger partial charge in [-0.15, -0.1) is 0 Å².